The summed E-state index contributed by atoms with van der Waals surface area (Å²) in [4.78, 5) is 18.0. The first-order chi connectivity index (χ1) is 15.9. The van der Waals surface area contributed by atoms with E-state index in [4.69, 9.17) is 14.5 Å². The Morgan fingerprint density at radius 3 is 2.73 bits per heavy atom. The molecule has 1 atom stereocenters. The van der Waals surface area contributed by atoms with Crippen LogP contribution in [0.25, 0.3) is 10.9 Å². The van der Waals surface area contributed by atoms with Crippen molar-refractivity contribution in [1.82, 2.24) is 9.66 Å². The van der Waals surface area contributed by atoms with Crippen LogP contribution in [0.4, 0.5) is 0 Å². The van der Waals surface area contributed by atoms with Gasteiger partial charge in [-0.25, -0.2) is 4.98 Å². The molecule has 1 heterocycles. The summed E-state index contributed by atoms with van der Waals surface area (Å²) in [5, 5.41) is 5.09. The van der Waals surface area contributed by atoms with Crippen molar-refractivity contribution in [3.8, 4) is 11.5 Å². The third kappa shape index (κ3) is 6.35. The molecule has 0 aliphatic carbocycles. The van der Waals surface area contributed by atoms with Crippen molar-refractivity contribution in [3.63, 3.8) is 0 Å². The summed E-state index contributed by atoms with van der Waals surface area (Å²) < 4.78 is 15.1. The molecule has 8 heteroatoms. The molecule has 1 aromatic heterocycles. The first-order valence-electron chi connectivity index (χ1n) is 11.3. The van der Waals surface area contributed by atoms with E-state index in [1.807, 2.05) is 38.1 Å². The quantitative estimate of drug-likeness (QED) is 0.189. The van der Waals surface area contributed by atoms with Gasteiger partial charge < -0.3 is 9.47 Å². The number of hydrogen-bond donors (Lipinski definition) is 0. The normalized spacial score (nSPS) is 12.4. The van der Waals surface area contributed by atoms with E-state index in [0.29, 0.717) is 35.5 Å². The summed E-state index contributed by atoms with van der Waals surface area (Å²) >= 11 is 5.70. The van der Waals surface area contributed by atoms with Crippen molar-refractivity contribution in [2.24, 2.45) is 5.10 Å². The van der Waals surface area contributed by atoms with Gasteiger partial charge in [0, 0.05) is 10.9 Å². The number of unbranched alkanes of at least 4 members (excludes halogenated alkanes) is 1. The van der Waals surface area contributed by atoms with E-state index in [-0.39, 0.29) is 11.7 Å². The summed E-state index contributed by atoms with van der Waals surface area (Å²) in [5.74, 6) is 2.07. The van der Waals surface area contributed by atoms with Gasteiger partial charge in [0.1, 0.15) is 5.82 Å². The molecule has 0 N–H and O–H groups in total. The Hall–Kier alpha value is -1.94. The highest BCUT2D eigenvalue weighted by Crippen LogP contribution is 2.35. The standard InChI is InChI=1S/C25H29BrIN3O3/c1-5-8-9-23-29-21-11-10-18(26)14-19(21)25(31)30(23)28-15-17-12-20(27)24(33-16(4)6-2)22(13-17)32-7-3/h10-16H,5-9H2,1-4H3/t16-/m1/s1. The second-order valence-electron chi connectivity index (χ2n) is 7.75. The van der Waals surface area contributed by atoms with Crippen LogP contribution in [-0.4, -0.2) is 28.6 Å². The van der Waals surface area contributed by atoms with Gasteiger partial charge >= 0.3 is 0 Å². The third-order valence-corrected chi connectivity index (χ3v) is 6.47. The van der Waals surface area contributed by atoms with Crippen LogP contribution in [0, 0.1) is 3.57 Å². The van der Waals surface area contributed by atoms with Gasteiger partial charge in [0.05, 0.1) is 33.4 Å². The average molecular weight is 626 g/mol. The van der Waals surface area contributed by atoms with Crippen LogP contribution in [0.1, 0.15) is 58.3 Å². The lowest BCUT2D eigenvalue weighted by Gasteiger charge is -2.18. The monoisotopic (exact) mass is 625 g/mol. The van der Waals surface area contributed by atoms with Crippen LogP contribution < -0.4 is 15.0 Å². The number of aromatic nitrogens is 2. The molecule has 0 radical (unpaired) electrons. The molecule has 0 saturated carbocycles. The van der Waals surface area contributed by atoms with Gasteiger partial charge in [-0.05, 0) is 85.2 Å². The second-order valence-corrected chi connectivity index (χ2v) is 9.83. The van der Waals surface area contributed by atoms with Crippen LogP contribution >= 0.6 is 38.5 Å². The molecule has 176 valence electrons. The van der Waals surface area contributed by atoms with Crippen molar-refractivity contribution in [2.45, 2.75) is 59.5 Å². The summed E-state index contributed by atoms with van der Waals surface area (Å²) in [6.07, 6.45) is 5.28. The maximum Gasteiger partial charge on any atom is 0.282 e. The molecule has 2 aromatic carbocycles. The molecular weight excluding hydrogens is 597 g/mol. The Bertz CT molecular complexity index is 1210. The van der Waals surface area contributed by atoms with Gasteiger partial charge in [0.25, 0.3) is 5.56 Å². The first-order valence-corrected chi connectivity index (χ1v) is 13.1. The summed E-state index contributed by atoms with van der Waals surface area (Å²) in [5.41, 5.74) is 1.32. The summed E-state index contributed by atoms with van der Waals surface area (Å²) in [6, 6.07) is 9.42. The topological polar surface area (TPSA) is 65.7 Å². The van der Waals surface area contributed by atoms with Crippen LogP contribution in [0.2, 0.25) is 0 Å². The molecule has 0 fully saturated rings. The maximum absolute atomic E-state index is 13.3. The van der Waals surface area contributed by atoms with E-state index in [2.05, 4.69) is 57.5 Å². The SMILES string of the molecule is CCCCc1nc2ccc(Br)cc2c(=O)n1N=Cc1cc(I)c(O[C@H](C)CC)c(OCC)c1. The first kappa shape index (κ1) is 25.7. The number of hydrogen-bond acceptors (Lipinski definition) is 5. The minimum Gasteiger partial charge on any atom is -0.490 e. The maximum atomic E-state index is 13.3. The molecule has 0 saturated heterocycles. The molecule has 0 aliphatic rings. The number of ether oxygens (including phenoxy) is 2. The molecule has 0 amide bonds. The average Bonchev–Trinajstić information content (AvgIpc) is 2.79. The summed E-state index contributed by atoms with van der Waals surface area (Å²) in [7, 11) is 0. The van der Waals surface area contributed by atoms with E-state index in [9.17, 15) is 4.79 Å². The molecule has 3 aromatic rings. The Morgan fingerprint density at radius 1 is 1.24 bits per heavy atom. The van der Waals surface area contributed by atoms with Gasteiger partial charge in [-0.2, -0.15) is 9.78 Å². The highest BCUT2D eigenvalue weighted by molar-refractivity contribution is 14.1. The van der Waals surface area contributed by atoms with Crippen molar-refractivity contribution in [1.29, 1.82) is 0 Å². The molecule has 0 unspecified atom stereocenters. The highest BCUT2D eigenvalue weighted by Gasteiger charge is 2.15. The number of nitrogens with zero attached hydrogens (tertiary/aromatic N) is 3. The zero-order chi connectivity index (χ0) is 24.0. The molecule has 6 nitrogen and oxygen atoms in total. The molecule has 3 rings (SSSR count). The predicted molar refractivity (Wildman–Crippen MR) is 146 cm³/mol. The molecular formula is C25H29BrIN3O3. The van der Waals surface area contributed by atoms with E-state index in [0.717, 1.165) is 38.6 Å². The minimum atomic E-state index is -0.180. The fourth-order valence-corrected chi connectivity index (χ4v) is 4.37. The van der Waals surface area contributed by atoms with Gasteiger partial charge in [0.15, 0.2) is 11.5 Å². The fourth-order valence-electron chi connectivity index (χ4n) is 3.26. The minimum absolute atomic E-state index is 0.0833. The van der Waals surface area contributed by atoms with Gasteiger partial charge in [-0.3, -0.25) is 4.79 Å². The van der Waals surface area contributed by atoms with E-state index >= 15 is 0 Å². The Labute approximate surface area is 216 Å². The Kier molecular flexibility index (Phi) is 9.31. The zero-order valence-electron chi connectivity index (χ0n) is 19.4. The second kappa shape index (κ2) is 12.0. The van der Waals surface area contributed by atoms with Crippen molar-refractivity contribution >= 4 is 55.6 Å². The third-order valence-electron chi connectivity index (χ3n) is 5.18. The largest absolute Gasteiger partial charge is 0.490 e. The molecule has 0 bridgehead atoms. The molecule has 0 spiro atoms. The van der Waals surface area contributed by atoms with E-state index in [1.165, 1.54) is 4.68 Å². The van der Waals surface area contributed by atoms with Crippen LogP contribution in [0.3, 0.4) is 0 Å². The number of halogens is 2. The Balaban J connectivity index is 2.07. The number of fused-ring (bicyclic) bond motifs is 1. The van der Waals surface area contributed by atoms with Crippen molar-refractivity contribution < 1.29 is 9.47 Å². The number of benzene rings is 2. The number of rotatable bonds is 10. The van der Waals surface area contributed by atoms with Crippen LogP contribution in [0.15, 0.2) is 44.7 Å². The van der Waals surface area contributed by atoms with Crippen LogP contribution in [0.5, 0.6) is 11.5 Å². The fraction of sp³-hybridized carbons (Fsp3) is 0.400. The molecule has 33 heavy (non-hydrogen) atoms. The van der Waals surface area contributed by atoms with Gasteiger partial charge in [0.2, 0.25) is 0 Å². The highest BCUT2D eigenvalue weighted by atomic mass is 127. The lowest BCUT2D eigenvalue weighted by Crippen LogP contribution is -2.22. The summed E-state index contributed by atoms with van der Waals surface area (Å²) in [6.45, 7) is 8.71. The lowest BCUT2D eigenvalue weighted by molar-refractivity contribution is 0.201. The Morgan fingerprint density at radius 2 is 2.03 bits per heavy atom. The smallest absolute Gasteiger partial charge is 0.282 e. The lowest BCUT2D eigenvalue weighted by atomic mass is 10.2. The van der Waals surface area contributed by atoms with Gasteiger partial charge in [-0.15, -0.1) is 0 Å². The number of aryl methyl sites for hydroxylation is 1. The van der Waals surface area contributed by atoms with E-state index < -0.39 is 0 Å². The van der Waals surface area contributed by atoms with Crippen molar-refractivity contribution in [3.05, 3.63) is 60.1 Å². The predicted octanol–water partition coefficient (Wildman–Crippen LogP) is 6.56. The molecule has 0 aliphatic heterocycles. The van der Waals surface area contributed by atoms with E-state index in [1.54, 1.807) is 12.3 Å². The van der Waals surface area contributed by atoms with Gasteiger partial charge in [-0.1, -0.05) is 36.2 Å². The zero-order valence-corrected chi connectivity index (χ0v) is 23.1. The van der Waals surface area contributed by atoms with Crippen molar-refractivity contribution in [2.75, 3.05) is 6.61 Å². The van der Waals surface area contributed by atoms with Crippen LogP contribution in [-0.2, 0) is 6.42 Å².